The highest BCUT2D eigenvalue weighted by atomic mass is 16.5. The molecule has 0 aromatic heterocycles. The van der Waals surface area contributed by atoms with E-state index in [-0.39, 0.29) is 19.6 Å². The van der Waals surface area contributed by atoms with Gasteiger partial charge in [-0.15, -0.1) is 0 Å². The summed E-state index contributed by atoms with van der Waals surface area (Å²) in [4.78, 5) is 9.00. The van der Waals surface area contributed by atoms with Gasteiger partial charge in [-0.2, -0.15) is 0 Å². The molecule has 0 aliphatic rings. The van der Waals surface area contributed by atoms with Crippen LogP contribution in [0.4, 0.5) is 4.79 Å². The first kappa shape index (κ1) is 15.3. The molecular formula is C7H16N2O5. The van der Waals surface area contributed by atoms with Crippen molar-refractivity contribution >= 4 is 6.03 Å². The molecule has 14 heavy (non-hydrogen) atoms. The van der Waals surface area contributed by atoms with E-state index in [1.165, 1.54) is 6.08 Å². The van der Waals surface area contributed by atoms with E-state index in [0.29, 0.717) is 5.57 Å². The highest BCUT2D eigenvalue weighted by Crippen LogP contribution is 2.01. The average molecular weight is 208 g/mol. The molecule has 0 spiro atoms. The van der Waals surface area contributed by atoms with Crippen LogP contribution in [0.25, 0.3) is 0 Å². The molecule has 0 saturated carbocycles. The average Bonchev–Trinajstić information content (AvgIpc) is 2.01. The molecule has 0 aromatic carbocycles. The Labute approximate surface area is 81.3 Å². The van der Waals surface area contributed by atoms with Crippen molar-refractivity contribution in [3.8, 4) is 0 Å². The van der Waals surface area contributed by atoms with E-state index in [1.807, 2.05) is 0 Å². The van der Waals surface area contributed by atoms with Gasteiger partial charge in [-0.3, -0.25) is 0 Å². The Morgan fingerprint density at radius 3 is 1.93 bits per heavy atom. The fraction of sp³-hybridized carbons (Fsp3) is 0.571. The predicted molar refractivity (Wildman–Crippen MR) is 48.9 cm³/mol. The normalized spacial score (nSPS) is 10.8. The van der Waals surface area contributed by atoms with Gasteiger partial charge in [0.1, 0.15) is 0 Å². The molecule has 0 aromatic rings. The van der Waals surface area contributed by atoms with Gasteiger partial charge in [0.2, 0.25) is 0 Å². The Morgan fingerprint density at radius 1 is 1.29 bits per heavy atom. The van der Waals surface area contributed by atoms with Crippen LogP contribution in [0.2, 0.25) is 0 Å². The summed E-state index contributed by atoms with van der Waals surface area (Å²) in [7, 11) is 0. The number of hydrogen-bond acceptors (Lipinski definition) is 5. The SMILES string of the molecule is NC(N)=O.OCC=C(CO)CC(O)O. The number of nitrogens with two attached hydrogens (primary N) is 2. The second-order valence-electron chi connectivity index (χ2n) is 2.29. The molecule has 7 heteroatoms. The van der Waals surface area contributed by atoms with Gasteiger partial charge in [-0.05, 0) is 5.57 Å². The van der Waals surface area contributed by atoms with Crippen LogP contribution >= 0.6 is 0 Å². The molecule has 0 radical (unpaired) electrons. The molecule has 0 fully saturated rings. The summed E-state index contributed by atoms with van der Waals surface area (Å²) in [6, 6.07) is -0.833. The maximum atomic E-state index is 9.00. The lowest BCUT2D eigenvalue weighted by Crippen LogP contribution is -2.18. The van der Waals surface area contributed by atoms with Crippen molar-refractivity contribution in [1.29, 1.82) is 0 Å². The summed E-state index contributed by atoms with van der Waals surface area (Å²) in [6.45, 7) is -0.444. The van der Waals surface area contributed by atoms with Crippen molar-refractivity contribution in [2.45, 2.75) is 12.7 Å². The van der Waals surface area contributed by atoms with Crippen molar-refractivity contribution < 1.29 is 25.2 Å². The van der Waals surface area contributed by atoms with Crippen LogP contribution in [0.3, 0.4) is 0 Å². The zero-order chi connectivity index (χ0) is 11.6. The maximum absolute atomic E-state index is 9.00. The third-order valence-electron chi connectivity index (χ3n) is 1.03. The van der Waals surface area contributed by atoms with E-state index < -0.39 is 12.3 Å². The summed E-state index contributed by atoms with van der Waals surface area (Å²) in [5.74, 6) is 0. The topological polar surface area (TPSA) is 150 Å². The first-order valence-electron chi connectivity index (χ1n) is 3.74. The first-order valence-corrected chi connectivity index (χ1v) is 3.74. The van der Waals surface area contributed by atoms with Gasteiger partial charge in [0.05, 0.1) is 13.2 Å². The molecule has 7 nitrogen and oxygen atoms in total. The van der Waals surface area contributed by atoms with E-state index in [4.69, 9.17) is 25.2 Å². The lowest BCUT2D eigenvalue weighted by Gasteiger charge is -2.04. The molecule has 0 bridgehead atoms. The second kappa shape index (κ2) is 9.93. The third kappa shape index (κ3) is 17.1. The second-order valence-corrected chi connectivity index (χ2v) is 2.29. The zero-order valence-electron chi connectivity index (χ0n) is 7.63. The van der Waals surface area contributed by atoms with Crippen LogP contribution in [0.1, 0.15) is 6.42 Å². The molecule has 84 valence electrons. The van der Waals surface area contributed by atoms with Gasteiger partial charge in [-0.1, -0.05) is 6.08 Å². The Hall–Kier alpha value is -1.15. The van der Waals surface area contributed by atoms with Gasteiger partial charge < -0.3 is 31.9 Å². The van der Waals surface area contributed by atoms with E-state index in [0.717, 1.165) is 0 Å². The largest absolute Gasteiger partial charge is 0.392 e. The van der Waals surface area contributed by atoms with E-state index in [2.05, 4.69) is 11.5 Å². The highest BCUT2D eigenvalue weighted by molar-refractivity contribution is 5.69. The quantitative estimate of drug-likeness (QED) is 0.225. The zero-order valence-corrected chi connectivity index (χ0v) is 7.63. The van der Waals surface area contributed by atoms with Crippen molar-refractivity contribution in [1.82, 2.24) is 0 Å². The van der Waals surface area contributed by atoms with Crippen LogP contribution in [0.5, 0.6) is 0 Å². The van der Waals surface area contributed by atoms with E-state index in [1.54, 1.807) is 0 Å². The van der Waals surface area contributed by atoms with Crippen molar-refractivity contribution in [3.05, 3.63) is 11.6 Å². The Kier molecular flexibility index (Phi) is 10.9. The molecule has 0 rings (SSSR count). The van der Waals surface area contributed by atoms with E-state index >= 15 is 0 Å². The van der Waals surface area contributed by atoms with Gasteiger partial charge >= 0.3 is 6.03 Å². The summed E-state index contributed by atoms with van der Waals surface area (Å²) < 4.78 is 0. The number of rotatable bonds is 4. The minimum Gasteiger partial charge on any atom is -0.392 e. The number of aliphatic hydroxyl groups is 4. The standard InChI is InChI=1S/C6H12O4.CH4N2O/c7-2-1-5(4-8)3-6(9)10;2-1(3)4/h1,6-10H,2-4H2;(H4,2,3,4). The van der Waals surface area contributed by atoms with Crippen molar-refractivity contribution in [2.24, 2.45) is 11.5 Å². The molecule has 0 aliphatic carbocycles. The summed E-state index contributed by atoms with van der Waals surface area (Å²) in [6.07, 6.45) is -0.124. The summed E-state index contributed by atoms with van der Waals surface area (Å²) in [5.41, 5.74) is 8.93. The van der Waals surface area contributed by atoms with Crippen LogP contribution in [0.15, 0.2) is 11.6 Å². The lowest BCUT2D eigenvalue weighted by molar-refractivity contribution is -0.0395. The third-order valence-corrected chi connectivity index (χ3v) is 1.03. The number of amides is 2. The maximum Gasteiger partial charge on any atom is 0.309 e. The fourth-order valence-corrected chi connectivity index (χ4v) is 0.576. The predicted octanol–water partition coefficient (Wildman–Crippen LogP) is -2.38. The smallest absolute Gasteiger partial charge is 0.309 e. The molecule has 0 atom stereocenters. The molecule has 0 unspecified atom stereocenters. The van der Waals surface area contributed by atoms with Crippen LogP contribution in [-0.4, -0.2) is 46.0 Å². The number of carbonyl (C=O) groups is 1. The highest BCUT2D eigenvalue weighted by Gasteiger charge is 2.00. The number of hydrogen-bond donors (Lipinski definition) is 6. The molecule has 0 saturated heterocycles. The Morgan fingerprint density at radius 2 is 1.71 bits per heavy atom. The Balaban J connectivity index is 0. The van der Waals surface area contributed by atoms with Gasteiger partial charge in [0.15, 0.2) is 6.29 Å². The molecular weight excluding hydrogens is 192 g/mol. The Bertz CT molecular complexity index is 177. The van der Waals surface area contributed by atoms with Crippen molar-refractivity contribution in [3.63, 3.8) is 0 Å². The van der Waals surface area contributed by atoms with E-state index in [9.17, 15) is 0 Å². The first-order chi connectivity index (χ1) is 6.43. The lowest BCUT2D eigenvalue weighted by atomic mass is 10.2. The minimum atomic E-state index is -1.45. The number of primary amides is 2. The monoisotopic (exact) mass is 208 g/mol. The van der Waals surface area contributed by atoms with Gasteiger partial charge in [-0.25, -0.2) is 4.79 Å². The fourth-order valence-electron chi connectivity index (χ4n) is 0.576. The van der Waals surface area contributed by atoms with Crippen LogP contribution in [-0.2, 0) is 0 Å². The minimum absolute atomic E-state index is 0.0168. The van der Waals surface area contributed by atoms with Gasteiger partial charge in [0, 0.05) is 6.42 Å². The van der Waals surface area contributed by atoms with Crippen LogP contribution < -0.4 is 11.5 Å². The number of urea groups is 1. The van der Waals surface area contributed by atoms with Gasteiger partial charge in [0.25, 0.3) is 0 Å². The summed E-state index contributed by atoms with van der Waals surface area (Å²) >= 11 is 0. The molecule has 8 N–H and O–H groups in total. The molecule has 0 aliphatic heterocycles. The number of aliphatic hydroxyl groups excluding tert-OH is 3. The summed E-state index contributed by atoms with van der Waals surface area (Å²) in [5, 5.41) is 33.6. The van der Waals surface area contributed by atoms with Crippen molar-refractivity contribution in [2.75, 3.05) is 13.2 Å². The molecule has 2 amide bonds. The molecule has 0 heterocycles. The number of carbonyl (C=O) groups excluding carboxylic acids is 1. The van der Waals surface area contributed by atoms with Crippen LogP contribution in [0, 0.1) is 0 Å².